The molecule has 0 fully saturated rings. The Morgan fingerprint density at radius 2 is 2.17 bits per heavy atom. The molecule has 0 spiro atoms. The first-order valence-electron chi connectivity index (χ1n) is 3.22. The number of Topliss-reactive ketones (excluding diaryl/α,β-unsaturated/α-hetero) is 1. The predicted molar refractivity (Wildman–Crippen MR) is 35.8 cm³/mol. The molecule has 0 aliphatic carbocycles. The molecule has 0 saturated carbocycles. The molecule has 1 N–H and O–H groups in total. The van der Waals surface area contributed by atoms with E-state index in [0.717, 1.165) is 0 Å². The molecule has 0 radical (unpaired) electrons. The highest BCUT2D eigenvalue weighted by atomic mass is 19.4. The van der Waals surface area contributed by atoms with Crippen LogP contribution in [-0.2, 0) is 0 Å². The molecule has 1 rings (SSSR count). The summed E-state index contributed by atoms with van der Waals surface area (Å²) in [5.74, 6) is -0.913. The molecule has 0 bridgehead atoms. The monoisotopic (exact) mass is 177 g/mol. The molecule has 1 aromatic heterocycles. The third kappa shape index (κ3) is 2.41. The van der Waals surface area contributed by atoms with E-state index in [9.17, 15) is 18.0 Å². The molecule has 1 heterocycles. The molecule has 2 nitrogen and oxygen atoms in total. The SMILES string of the molecule is O=C(CC(F)(F)F)c1cc[nH]c1. The fourth-order valence-corrected chi connectivity index (χ4v) is 0.781. The normalized spacial score (nSPS) is 11.6. The van der Waals surface area contributed by atoms with Crippen LogP contribution in [-0.4, -0.2) is 16.9 Å². The van der Waals surface area contributed by atoms with Gasteiger partial charge in [-0.25, -0.2) is 0 Å². The van der Waals surface area contributed by atoms with E-state index in [1.807, 2.05) is 0 Å². The summed E-state index contributed by atoms with van der Waals surface area (Å²) in [6, 6.07) is 1.31. The van der Waals surface area contributed by atoms with Gasteiger partial charge in [0.05, 0.1) is 0 Å². The Morgan fingerprint density at radius 1 is 1.50 bits per heavy atom. The minimum atomic E-state index is -4.42. The van der Waals surface area contributed by atoms with Crippen molar-refractivity contribution < 1.29 is 18.0 Å². The van der Waals surface area contributed by atoms with E-state index in [-0.39, 0.29) is 5.56 Å². The van der Waals surface area contributed by atoms with Gasteiger partial charge in [-0.1, -0.05) is 0 Å². The van der Waals surface area contributed by atoms with E-state index in [2.05, 4.69) is 4.98 Å². The van der Waals surface area contributed by atoms with Crippen LogP contribution in [0.25, 0.3) is 0 Å². The molecule has 12 heavy (non-hydrogen) atoms. The number of hydrogen-bond donors (Lipinski definition) is 1. The van der Waals surface area contributed by atoms with Gasteiger partial charge in [0.1, 0.15) is 6.42 Å². The van der Waals surface area contributed by atoms with Crippen molar-refractivity contribution in [1.82, 2.24) is 4.98 Å². The molecule has 0 amide bonds. The Hall–Kier alpha value is -1.26. The van der Waals surface area contributed by atoms with Crippen LogP contribution in [0.5, 0.6) is 0 Å². The second-order valence-corrected chi connectivity index (χ2v) is 2.31. The van der Waals surface area contributed by atoms with E-state index >= 15 is 0 Å². The number of hydrogen-bond acceptors (Lipinski definition) is 1. The Bertz CT molecular complexity index is 263. The lowest BCUT2D eigenvalue weighted by atomic mass is 10.1. The third-order valence-corrected chi connectivity index (χ3v) is 1.28. The van der Waals surface area contributed by atoms with Gasteiger partial charge in [0.25, 0.3) is 0 Å². The van der Waals surface area contributed by atoms with Gasteiger partial charge < -0.3 is 4.98 Å². The first-order valence-corrected chi connectivity index (χ1v) is 3.22. The fourth-order valence-electron chi connectivity index (χ4n) is 0.781. The van der Waals surface area contributed by atoms with Crippen molar-refractivity contribution in [2.24, 2.45) is 0 Å². The number of rotatable bonds is 2. The highest BCUT2D eigenvalue weighted by Crippen LogP contribution is 2.21. The standard InChI is InChI=1S/C7H6F3NO/c8-7(9,10)3-6(12)5-1-2-11-4-5/h1-2,4,11H,3H2. The molecule has 1 aromatic rings. The van der Waals surface area contributed by atoms with Crippen molar-refractivity contribution >= 4 is 5.78 Å². The van der Waals surface area contributed by atoms with Crippen molar-refractivity contribution in [3.8, 4) is 0 Å². The summed E-state index contributed by atoms with van der Waals surface area (Å²) in [6.45, 7) is 0. The van der Waals surface area contributed by atoms with Crippen LogP contribution in [0.1, 0.15) is 16.8 Å². The second-order valence-electron chi connectivity index (χ2n) is 2.31. The number of aromatic nitrogens is 1. The Morgan fingerprint density at radius 3 is 2.58 bits per heavy atom. The number of halogens is 3. The lowest BCUT2D eigenvalue weighted by Gasteiger charge is -2.02. The van der Waals surface area contributed by atoms with Crippen LogP contribution in [0.4, 0.5) is 13.2 Å². The van der Waals surface area contributed by atoms with Crippen molar-refractivity contribution in [3.63, 3.8) is 0 Å². The number of alkyl halides is 3. The molecule has 0 aromatic carbocycles. The van der Waals surface area contributed by atoms with Gasteiger partial charge in [-0.05, 0) is 6.07 Å². The lowest BCUT2D eigenvalue weighted by Crippen LogP contribution is -2.14. The first kappa shape index (κ1) is 8.83. The van der Waals surface area contributed by atoms with Crippen LogP contribution >= 0.6 is 0 Å². The number of carbonyl (C=O) groups excluding carboxylic acids is 1. The lowest BCUT2D eigenvalue weighted by molar-refractivity contribution is -0.125. The predicted octanol–water partition coefficient (Wildman–Crippen LogP) is 2.15. The van der Waals surface area contributed by atoms with E-state index in [1.165, 1.54) is 18.5 Å². The quantitative estimate of drug-likeness (QED) is 0.689. The number of aromatic amines is 1. The minimum absolute atomic E-state index is 0.0623. The zero-order valence-electron chi connectivity index (χ0n) is 5.98. The van der Waals surface area contributed by atoms with Gasteiger partial charge in [0, 0.05) is 18.0 Å². The molecular weight excluding hydrogens is 171 g/mol. The highest BCUT2D eigenvalue weighted by Gasteiger charge is 2.31. The molecule has 0 unspecified atom stereocenters. The maximum atomic E-state index is 11.7. The van der Waals surface area contributed by atoms with Gasteiger partial charge in [-0.2, -0.15) is 13.2 Å². The molecule has 0 saturated heterocycles. The number of ketones is 1. The maximum absolute atomic E-state index is 11.7. The van der Waals surface area contributed by atoms with Gasteiger partial charge >= 0.3 is 6.18 Å². The smallest absolute Gasteiger partial charge is 0.367 e. The molecule has 0 atom stereocenters. The van der Waals surface area contributed by atoms with Gasteiger partial charge in [-0.15, -0.1) is 0 Å². The van der Waals surface area contributed by atoms with Gasteiger partial charge in [0.2, 0.25) is 0 Å². The van der Waals surface area contributed by atoms with E-state index in [1.54, 1.807) is 0 Å². The van der Waals surface area contributed by atoms with Crippen LogP contribution in [0.15, 0.2) is 18.5 Å². The van der Waals surface area contributed by atoms with E-state index < -0.39 is 18.4 Å². The van der Waals surface area contributed by atoms with Gasteiger partial charge in [0.15, 0.2) is 5.78 Å². The molecule has 66 valence electrons. The van der Waals surface area contributed by atoms with Crippen molar-refractivity contribution in [3.05, 3.63) is 24.0 Å². The first-order chi connectivity index (χ1) is 5.49. The summed E-state index contributed by atoms with van der Waals surface area (Å²) in [4.78, 5) is 13.3. The molecular formula is C7H6F3NO. The summed E-state index contributed by atoms with van der Waals surface area (Å²) >= 11 is 0. The average Bonchev–Trinajstić information content (AvgIpc) is 2.32. The van der Waals surface area contributed by atoms with E-state index in [4.69, 9.17) is 0 Å². The third-order valence-electron chi connectivity index (χ3n) is 1.28. The topological polar surface area (TPSA) is 32.9 Å². The van der Waals surface area contributed by atoms with Crippen molar-refractivity contribution in [1.29, 1.82) is 0 Å². The fraction of sp³-hybridized carbons (Fsp3) is 0.286. The Balaban J connectivity index is 2.63. The number of H-pyrrole nitrogens is 1. The van der Waals surface area contributed by atoms with E-state index in [0.29, 0.717) is 0 Å². The summed E-state index contributed by atoms with van der Waals surface area (Å²) in [7, 11) is 0. The Kier molecular flexibility index (Phi) is 2.21. The molecule has 0 aliphatic heterocycles. The minimum Gasteiger partial charge on any atom is -0.367 e. The molecule has 5 heteroatoms. The summed E-state index contributed by atoms with van der Waals surface area (Å²) < 4.78 is 35.0. The average molecular weight is 177 g/mol. The zero-order chi connectivity index (χ0) is 9.19. The van der Waals surface area contributed by atoms with Crippen LogP contribution in [0.2, 0.25) is 0 Å². The Labute approximate surface area is 66.4 Å². The van der Waals surface area contributed by atoms with Crippen LogP contribution in [0, 0.1) is 0 Å². The van der Waals surface area contributed by atoms with Crippen molar-refractivity contribution in [2.45, 2.75) is 12.6 Å². The number of nitrogens with one attached hydrogen (secondary N) is 1. The molecule has 0 aliphatic rings. The highest BCUT2D eigenvalue weighted by molar-refractivity contribution is 5.96. The maximum Gasteiger partial charge on any atom is 0.396 e. The second kappa shape index (κ2) is 3.00. The summed E-state index contributed by atoms with van der Waals surface area (Å²) in [5.41, 5.74) is 0.0623. The largest absolute Gasteiger partial charge is 0.396 e. The van der Waals surface area contributed by atoms with Crippen LogP contribution < -0.4 is 0 Å². The summed E-state index contributed by atoms with van der Waals surface area (Å²) in [5, 5.41) is 0. The van der Waals surface area contributed by atoms with Crippen molar-refractivity contribution in [2.75, 3.05) is 0 Å². The summed E-state index contributed by atoms with van der Waals surface area (Å²) in [6.07, 6.45) is -3.17. The van der Waals surface area contributed by atoms with Gasteiger partial charge in [-0.3, -0.25) is 4.79 Å². The van der Waals surface area contributed by atoms with Crippen LogP contribution in [0.3, 0.4) is 0 Å². The zero-order valence-corrected chi connectivity index (χ0v) is 5.98. The number of carbonyl (C=O) groups is 1.